The molecule has 2 heterocycles. The summed E-state index contributed by atoms with van der Waals surface area (Å²) in [6.07, 6.45) is 8.24. The van der Waals surface area contributed by atoms with Crippen LogP contribution in [0.1, 0.15) is 25.7 Å². The zero-order chi connectivity index (χ0) is 16.1. The lowest BCUT2D eigenvalue weighted by atomic mass is 10.1. The first kappa shape index (κ1) is 15.7. The van der Waals surface area contributed by atoms with Crippen LogP contribution in [0.5, 0.6) is 0 Å². The van der Waals surface area contributed by atoms with Crippen LogP contribution in [0.2, 0.25) is 0 Å². The molecule has 1 aliphatic heterocycles. The van der Waals surface area contributed by atoms with Crippen LogP contribution in [0, 0.1) is 0 Å². The second kappa shape index (κ2) is 7.42. The Morgan fingerprint density at radius 1 is 1.43 bits per heavy atom. The first-order valence-electron chi connectivity index (χ1n) is 8.20. The summed E-state index contributed by atoms with van der Waals surface area (Å²) >= 11 is 0. The standard InChI is InChI=1S/C18H23N3O2/c1-21(11-3-6-15-7-4-12-23-15)18(22)20-17-8-2-5-14-13-19-10-9-16(14)17/h2,5,8-10,13,15H,3-4,6-7,11-12H2,1H3,(H,20,22)/t15-/m1/s1. The first-order valence-corrected chi connectivity index (χ1v) is 8.20. The van der Waals surface area contributed by atoms with Crippen molar-refractivity contribution in [3.05, 3.63) is 36.7 Å². The number of benzene rings is 1. The number of pyridine rings is 1. The molecule has 1 aromatic heterocycles. The van der Waals surface area contributed by atoms with Crippen molar-refractivity contribution in [2.45, 2.75) is 31.8 Å². The summed E-state index contributed by atoms with van der Waals surface area (Å²) in [7, 11) is 1.83. The van der Waals surface area contributed by atoms with Crippen LogP contribution in [-0.2, 0) is 4.74 Å². The van der Waals surface area contributed by atoms with Crippen molar-refractivity contribution in [3.8, 4) is 0 Å². The summed E-state index contributed by atoms with van der Waals surface area (Å²) in [5.41, 5.74) is 0.820. The quantitative estimate of drug-likeness (QED) is 0.916. The van der Waals surface area contributed by atoms with Crippen molar-refractivity contribution in [1.29, 1.82) is 0 Å². The number of rotatable bonds is 5. The highest BCUT2D eigenvalue weighted by Gasteiger charge is 2.16. The van der Waals surface area contributed by atoms with E-state index in [0.717, 1.165) is 55.3 Å². The smallest absolute Gasteiger partial charge is 0.321 e. The summed E-state index contributed by atoms with van der Waals surface area (Å²) in [4.78, 5) is 18.2. The van der Waals surface area contributed by atoms with Gasteiger partial charge in [0.2, 0.25) is 0 Å². The summed E-state index contributed by atoms with van der Waals surface area (Å²) in [6.45, 7) is 1.62. The van der Waals surface area contributed by atoms with Gasteiger partial charge in [0, 0.05) is 43.4 Å². The van der Waals surface area contributed by atoms with E-state index >= 15 is 0 Å². The molecule has 0 spiro atoms. The lowest BCUT2D eigenvalue weighted by Crippen LogP contribution is -2.32. The van der Waals surface area contributed by atoms with Crippen molar-refractivity contribution in [3.63, 3.8) is 0 Å². The van der Waals surface area contributed by atoms with Crippen molar-refractivity contribution in [1.82, 2.24) is 9.88 Å². The van der Waals surface area contributed by atoms with Crippen LogP contribution in [-0.4, -0.2) is 42.2 Å². The summed E-state index contributed by atoms with van der Waals surface area (Å²) in [5, 5.41) is 5.01. The van der Waals surface area contributed by atoms with Gasteiger partial charge in [-0.3, -0.25) is 4.98 Å². The largest absolute Gasteiger partial charge is 0.378 e. The van der Waals surface area contributed by atoms with Gasteiger partial charge >= 0.3 is 6.03 Å². The average Bonchev–Trinajstić information content (AvgIpc) is 3.08. The molecular formula is C18H23N3O2. The van der Waals surface area contributed by atoms with E-state index in [1.165, 1.54) is 0 Å². The molecule has 0 bridgehead atoms. The molecule has 1 saturated heterocycles. The van der Waals surface area contributed by atoms with Gasteiger partial charge in [0.25, 0.3) is 0 Å². The summed E-state index contributed by atoms with van der Waals surface area (Å²) in [5.74, 6) is 0. The molecular weight excluding hydrogens is 290 g/mol. The molecule has 0 radical (unpaired) electrons. The highest BCUT2D eigenvalue weighted by atomic mass is 16.5. The van der Waals surface area contributed by atoms with E-state index in [1.54, 1.807) is 17.3 Å². The number of nitrogens with zero attached hydrogens (tertiary/aromatic N) is 2. The number of hydrogen-bond donors (Lipinski definition) is 1. The summed E-state index contributed by atoms with van der Waals surface area (Å²) < 4.78 is 5.61. The van der Waals surface area contributed by atoms with Gasteiger partial charge in [0.1, 0.15) is 0 Å². The fourth-order valence-corrected chi connectivity index (χ4v) is 2.97. The third kappa shape index (κ3) is 3.99. The Morgan fingerprint density at radius 3 is 3.17 bits per heavy atom. The predicted octanol–water partition coefficient (Wildman–Crippen LogP) is 3.66. The fourth-order valence-electron chi connectivity index (χ4n) is 2.97. The van der Waals surface area contributed by atoms with Crippen molar-refractivity contribution in [2.24, 2.45) is 0 Å². The number of aromatic nitrogens is 1. The monoisotopic (exact) mass is 313 g/mol. The third-order valence-corrected chi connectivity index (χ3v) is 4.31. The minimum atomic E-state index is -0.0818. The molecule has 1 aliphatic rings. The molecule has 5 nitrogen and oxygen atoms in total. The lowest BCUT2D eigenvalue weighted by Gasteiger charge is -2.19. The van der Waals surface area contributed by atoms with Gasteiger partial charge in [-0.25, -0.2) is 4.79 Å². The molecule has 1 aromatic carbocycles. The number of ether oxygens (including phenoxy) is 1. The van der Waals surface area contributed by atoms with Gasteiger partial charge in [-0.15, -0.1) is 0 Å². The van der Waals surface area contributed by atoms with Gasteiger partial charge in [-0.1, -0.05) is 12.1 Å². The Balaban J connectivity index is 1.54. The van der Waals surface area contributed by atoms with Crippen molar-refractivity contribution < 1.29 is 9.53 Å². The minimum Gasteiger partial charge on any atom is -0.378 e. The molecule has 0 aliphatic carbocycles. The predicted molar refractivity (Wildman–Crippen MR) is 91.6 cm³/mol. The number of urea groups is 1. The van der Waals surface area contributed by atoms with Crippen LogP contribution in [0.25, 0.3) is 10.8 Å². The van der Waals surface area contributed by atoms with Crippen LogP contribution >= 0.6 is 0 Å². The number of nitrogens with one attached hydrogen (secondary N) is 1. The highest BCUT2D eigenvalue weighted by Crippen LogP contribution is 2.22. The third-order valence-electron chi connectivity index (χ3n) is 4.31. The first-order chi connectivity index (χ1) is 11.2. The highest BCUT2D eigenvalue weighted by molar-refractivity contribution is 6.01. The zero-order valence-corrected chi connectivity index (χ0v) is 13.5. The van der Waals surface area contributed by atoms with Gasteiger partial charge in [0.05, 0.1) is 11.8 Å². The topological polar surface area (TPSA) is 54.5 Å². The van der Waals surface area contributed by atoms with E-state index in [4.69, 9.17) is 4.74 Å². The van der Waals surface area contributed by atoms with Gasteiger partial charge in [0.15, 0.2) is 0 Å². The molecule has 2 aromatic rings. The normalized spacial score (nSPS) is 17.3. The van der Waals surface area contributed by atoms with E-state index in [1.807, 2.05) is 31.3 Å². The Kier molecular flexibility index (Phi) is 5.08. The second-order valence-corrected chi connectivity index (χ2v) is 6.03. The number of carbonyl (C=O) groups is 1. The molecule has 3 rings (SSSR count). The SMILES string of the molecule is CN(CCC[C@@H]1CCCO1)C(=O)Nc1cccc2cnccc12. The molecule has 122 valence electrons. The maximum Gasteiger partial charge on any atom is 0.321 e. The lowest BCUT2D eigenvalue weighted by molar-refractivity contribution is 0.101. The molecule has 0 unspecified atom stereocenters. The maximum atomic E-state index is 12.4. The van der Waals surface area contributed by atoms with E-state index in [-0.39, 0.29) is 6.03 Å². The van der Waals surface area contributed by atoms with Crippen LogP contribution in [0.4, 0.5) is 10.5 Å². The molecule has 2 amide bonds. The molecule has 0 saturated carbocycles. The Hall–Kier alpha value is -2.14. The Labute approximate surface area is 136 Å². The number of amides is 2. The summed E-state index contributed by atoms with van der Waals surface area (Å²) in [6, 6.07) is 7.67. The van der Waals surface area contributed by atoms with Crippen LogP contribution in [0.15, 0.2) is 36.7 Å². The van der Waals surface area contributed by atoms with Gasteiger partial charge in [-0.2, -0.15) is 0 Å². The van der Waals surface area contributed by atoms with E-state index in [2.05, 4.69) is 10.3 Å². The van der Waals surface area contributed by atoms with Gasteiger partial charge < -0.3 is 15.0 Å². The molecule has 23 heavy (non-hydrogen) atoms. The Bertz CT molecular complexity index is 663. The number of anilines is 1. The molecule has 1 N–H and O–H groups in total. The zero-order valence-electron chi connectivity index (χ0n) is 13.5. The van der Waals surface area contributed by atoms with E-state index in [0.29, 0.717) is 6.10 Å². The van der Waals surface area contributed by atoms with E-state index < -0.39 is 0 Å². The number of carbonyl (C=O) groups excluding carboxylic acids is 1. The molecule has 5 heteroatoms. The molecule has 1 atom stereocenters. The number of hydrogen-bond acceptors (Lipinski definition) is 3. The van der Waals surface area contributed by atoms with Crippen molar-refractivity contribution in [2.75, 3.05) is 25.5 Å². The maximum absolute atomic E-state index is 12.4. The molecule has 1 fully saturated rings. The average molecular weight is 313 g/mol. The second-order valence-electron chi connectivity index (χ2n) is 6.03. The number of fused-ring (bicyclic) bond motifs is 1. The Morgan fingerprint density at radius 2 is 2.35 bits per heavy atom. The van der Waals surface area contributed by atoms with E-state index in [9.17, 15) is 4.79 Å². The fraction of sp³-hybridized carbons (Fsp3) is 0.444. The minimum absolute atomic E-state index is 0.0818. The van der Waals surface area contributed by atoms with Crippen LogP contribution < -0.4 is 5.32 Å². The van der Waals surface area contributed by atoms with Gasteiger partial charge in [-0.05, 0) is 37.8 Å². The van der Waals surface area contributed by atoms with Crippen molar-refractivity contribution >= 4 is 22.5 Å². The van der Waals surface area contributed by atoms with Crippen LogP contribution in [0.3, 0.4) is 0 Å².